The molecule has 4 atom stereocenters. The number of nitro groups is 1. The number of nitrogens with zero attached hydrogens (tertiary/aromatic N) is 2. The van der Waals surface area contributed by atoms with Gasteiger partial charge in [0.25, 0.3) is 5.69 Å². The van der Waals surface area contributed by atoms with Gasteiger partial charge in [-0.2, -0.15) is 0 Å². The standard InChI is InChI=1S/C27H20N2O5/c30-25(33-18-19-13-15-21(16-14-19)29(31)32)28-23-11-6-5-10-22(23)27-20-8-3-1-2-4-12-24(28)26(27,34-27)17-7-9-20/h1-2,5-6,10-11,13-16,20,24H,7,9,17-18H2/b2-1-/t20-,24-,26-,27+/m0/s1. The normalized spacial score (nSPS) is 30.2. The van der Waals surface area contributed by atoms with E-state index >= 15 is 0 Å². The molecule has 1 amide bonds. The van der Waals surface area contributed by atoms with Gasteiger partial charge in [-0.1, -0.05) is 41.9 Å². The van der Waals surface area contributed by atoms with Gasteiger partial charge in [-0.15, -0.1) is 0 Å². The number of non-ortho nitro benzene ring substituents is 1. The number of anilines is 1. The molecule has 6 rings (SSSR count). The molecule has 7 heteroatoms. The van der Waals surface area contributed by atoms with Crippen LogP contribution in [0.5, 0.6) is 0 Å². The van der Waals surface area contributed by atoms with Gasteiger partial charge in [-0.3, -0.25) is 15.0 Å². The summed E-state index contributed by atoms with van der Waals surface area (Å²) in [6.45, 7) is -0.0113. The van der Waals surface area contributed by atoms with Crippen molar-refractivity contribution in [1.29, 1.82) is 0 Å². The predicted molar refractivity (Wildman–Crippen MR) is 124 cm³/mol. The van der Waals surface area contributed by atoms with Gasteiger partial charge in [0, 0.05) is 17.7 Å². The van der Waals surface area contributed by atoms with Crippen LogP contribution >= 0.6 is 0 Å². The fourth-order valence-electron chi connectivity index (χ4n) is 5.69. The number of allylic oxidation sites excluding steroid dienone is 2. The van der Waals surface area contributed by atoms with E-state index in [0.717, 1.165) is 30.5 Å². The lowest BCUT2D eigenvalue weighted by molar-refractivity contribution is -0.384. The minimum atomic E-state index is -0.622. The summed E-state index contributed by atoms with van der Waals surface area (Å²) in [4.78, 5) is 25.6. The second kappa shape index (κ2) is 7.48. The van der Waals surface area contributed by atoms with Gasteiger partial charge >= 0.3 is 6.09 Å². The maximum atomic E-state index is 13.5. The van der Waals surface area contributed by atoms with Gasteiger partial charge in [0.2, 0.25) is 0 Å². The first kappa shape index (κ1) is 20.5. The van der Waals surface area contributed by atoms with Crippen LogP contribution in [0.2, 0.25) is 0 Å². The number of epoxide rings is 1. The summed E-state index contributed by atoms with van der Waals surface area (Å²) < 4.78 is 12.3. The molecule has 2 aromatic rings. The first-order valence-corrected chi connectivity index (χ1v) is 11.2. The first-order valence-electron chi connectivity index (χ1n) is 11.2. The number of para-hydroxylation sites is 1. The summed E-state index contributed by atoms with van der Waals surface area (Å²) in [6.07, 6.45) is 5.58. The van der Waals surface area contributed by atoms with Crippen LogP contribution in [0.1, 0.15) is 30.4 Å². The Morgan fingerprint density at radius 2 is 1.91 bits per heavy atom. The van der Waals surface area contributed by atoms with E-state index in [2.05, 4.69) is 23.7 Å². The Morgan fingerprint density at radius 3 is 2.71 bits per heavy atom. The van der Waals surface area contributed by atoms with Crippen LogP contribution in [0, 0.1) is 39.7 Å². The number of rotatable bonds is 3. The summed E-state index contributed by atoms with van der Waals surface area (Å²) in [5.74, 6) is 12.8. The zero-order valence-corrected chi connectivity index (χ0v) is 18.2. The van der Waals surface area contributed by atoms with Gasteiger partial charge in [-0.25, -0.2) is 4.79 Å². The number of hydrogen-bond donors (Lipinski definition) is 0. The van der Waals surface area contributed by atoms with Gasteiger partial charge < -0.3 is 9.47 Å². The lowest BCUT2D eigenvalue weighted by atomic mass is 9.64. The van der Waals surface area contributed by atoms with Crippen molar-refractivity contribution in [2.75, 3.05) is 4.90 Å². The number of fused-ring (bicyclic) bond motifs is 1. The molecule has 0 spiro atoms. The van der Waals surface area contributed by atoms with Crippen LogP contribution in [0.25, 0.3) is 0 Å². The Kier molecular flexibility index (Phi) is 4.52. The SMILES string of the molecule is O=C(OCc1ccc([N+](=O)[O-])cc1)N1c2ccccc2[C@@]23O[C@]24CCC[C@@H]3C#C/C=C\C#C[C@H]14. The number of benzene rings is 2. The van der Waals surface area contributed by atoms with Crippen LogP contribution < -0.4 is 4.90 Å². The van der Waals surface area contributed by atoms with Crippen molar-refractivity contribution >= 4 is 17.5 Å². The number of amides is 1. The summed E-state index contributed by atoms with van der Waals surface area (Å²) >= 11 is 0. The Labute approximate surface area is 196 Å². The number of carbonyl (C=O) groups excluding carboxylic acids is 1. The van der Waals surface area contributed by atoms with E-state index in [1.807, 2.05) is 24.3 Å². The summed E-state index contributed by atoms with van der Waals surface area (Å²) in [7, 11) is 0. The highest BCUT2D eigenvalue weighted by Gasteiger charge is 2.81. The van der Waals surface area contributed by atoms with E-state index in [9.17, 15) is 14.9 Å². The highest BCUT2D eigenvalue weighted by Crippen LogP contribution is 2.72. The predicted octanol–water partition coefficient (Wildman–Crippen LogP) is 4.46. The van der Waals surface area contributed by atoms with Crippen LogP contribution in [-0.4, -0.2) is 22.7 Å². The maximum absolute atomic E-state index is 13.5. The van der Waals surface area contributed by atoms with E-state index in [-0.39, 0.29) is 18.2 Å². The molecular weight excluding hydrogens is 432 g/mol. The molecule has 34 heavy (non-hydrogen) atoms. The molecule has 1 saturated carbocycles. The monoisotopic (exact) mass is 452 g/mol. The maximum Gasteiger partial charge on any atom is 0.415 e. The van der Waals surface area contributed by atoms with Crippen molar-refractivity contribution in [2.24, 2.45) is 5.92 Å². The molecule has 168 valence electrons. The van der Waals surface area contributed by atoms with Crippen molar-refractivity contribution in [1.82, 2.24) is 0 Å². The Hall–Kier alpha value is -4.07. The molecule has 1 saturated heterocycles. The Balaban J connectivity index is 1.38. The highest BCUT2D eigenvalue weighted by molar-refractivity contribution is 5.93. The van der Waals surface area contributed by atoms with Crippen molar-refractivity contribution in [3.05, 3.63) is 81.9 Å². The molecule has 2 aliphatic heterocycles. The summed E-state index contributed by atoms with van der Waals surface area (Å²) in [6, 6.07) is 13.2. The van der Waals surface area contributed by atoms with Gasteiger partial charge in [-0.05, 0) is 55.2 Å². The molecule has 0 aromatic heterocycles. The smallest absolute Gasteiger partial charge is 0.415 e. The van der Waals surface area contributed by atoms with Crippen LogP contribution in [0.3, 0.4) is 0 Å². The molecule has 0 radical (unpaired) electrons. The molecule has 2 heterocycles. The molecule has 2 aliphatic carbocycles. The lowest BCUT2D eigenvalue weighted by Gasteiger charge is -2.43. The third kappa shape index (κ3) is 2.81. The fourth-order valence-corrected chi connectivity index (χ4v) is 5.69. The van der Waals surface area contributed by atoms with Crippen molar-refractivity contribution in [2.45, 2.75) is 43.1 Å². The molecular formula is C27H20N2O5. The Bertz CT molecular complexity index is 1360. The van der Waals surface area contributed by atoms with Gasteiger partial charge in [0.1, 0.15) is 23.9 Å². The minimum Gasteiger partial charge on any atom is -0.444 e. The lowest BCUT2D eigenvalue weighted by Crippen LogP contribution is -2.57. The third-order valence-corrected chi connectivity index (χ3v) is 7.16. The van der Waals surface area contributed by atoms with E-state index in [1.165, 1.54) is 12.1 Å². The molecule has 4 aliphatic rings. The van der Waals surface area contributed by atoms with E-state index in [4.69, 9.17) is 9.47 Å². The van der Waals surface area contributed by atoms with Crippen molar-refractivity contribution in [3.63, 3.8) is 0 Å². The second-order valence-corrected chi connectivity index (χ2v) is 8.85. The van der Waals surface area contributed by atoms with Gasteiger partial charge in [0.05, 0.1) is 16.5 Å². The molecule has 4 bridgehead atoms. The number of carbonyl (C=O) groups is 1. The molecule has 2 fully saturated rings. The average Bonchev–Trinajstić information content (AvgIpc) is 3.57. The molecule has 2 aromatic carbocycles. The minimum absolute atomic E-state index is 0.0113. The van der Waals surface area contributed by atoms with Gasteiger partial charge in [0.15, 0.2) is 0 Å². The average molecular weight is 452 g/mol. The quantitative estimate of drug-likeness (QED) is 0.297. The number of nitro benzene ring substituents is 1. The molecule has 0 unspecified atom stereocenters. The second-order valence-electron chi connectivity index (χ2n) is 8.85. The fraction of sp³-hybridized carbons (Fsp3) is 0.296. The topological polar surface area (TPSA) is 85.2 Å². The highest BCUT2D eigenvalue weighted by atomic mass is 16.6. The largest absolute Gasteiger partial charge is 0.444 e. The summed E-state index contributed by atoms with van der Waals surface area (Å²) in [5.41, 5.74) is 1.12. The number of hydrogen-bond acceptors (Lipinski definition) is 5. The van der Waals surface area contributed by atoms with Crippen LogP contribution in [0.4, 0.5) is 16.2 Å². The third-order valence-electron chi connectivity index (χ3n) is 7.16. The first-order chi connectivity index (χ1) is 16.6. The Morgan fingerprint density at radius 1 is 1.15 bits per heavy atom. The van der Waals surface area contributed by atoms with Crippen LogP contribution in [0.15, 0.2) is 60.7 Å². The summed E-state index contributed by atoms with van der Waals surface area (Å²) in [5, 5.41) is 10.9. The van der Waals surface area contributed by atoms with Crippen LogP contribution in [-0.2, 0) is 21.7 Å². The molecule has 7 nitrogen and oxygen atoms in total. The zero-order chi connectivity index (χ0) is 23.3. The van der Waals surface area contributed by atoms with E-state index < -0.39 is 28.3 Å². The van der Waals surface area contributed by atoms with Crippen molar-refractivity contribution < 1.29 is 19.2 Å². The van der Waals surface area contributed by atoms with E-state index in [0.29, 0.717) is 5.56 Å². The zero-order valence-electron chi connectivity index (χ0n) is 18.2. The number of ether oxygens (including phenoxy) is 2. The van der Waals surface area contributed by atoms with E-state index in [1.54, 1.807) is 29.2 Å². The van der Waals surface area contributed by atoms with Crippen molar-refractivity contribution in [3.8, 4) is 23.7 Å². The molecule has 0 N–H and O–H groups in total.